The predicted molar refractivity (Wildman–Crippen MR) is 133 cm³/mol. The average molecular weight is 465 g/mol. The van der Waals surface area contributed by atoms with Crippen LogP contribution in [0.2, 0.25) is 0 Å². The number of hydrogen-bond donors (Lipinski definition) is 0. The van der Waals surface area contributed by atoms with E-state index in [4.69, 9.17) is 14.2 Å². The van der Waals surface area contributed by atoms with Gasteiger partial charge in [0.15, 0.2) is 0 Å². The van der Waals surface area contributed by atoms with Gasteiger partial charge < -0.3 is 14.2 Å². The molecule has 0 aliphatic rings. The van der Waals surface area contributed by atoms with Crippen LogP contribution in [0.3, 0.4) is 0 Å². The third-order valence-corrected chi connectivity index (χ3v) is 5.99. The van der Waals surface area contributed by atoms with E-state index in [9.17, 15) is 4.79 Å². The van der Waals surface area contributed by atoms with E-state index in [1.165, 1.54) is 10.5 Å². The van der Waals surface area contributed by atoms with E-state index in [-0.39, 0.29) is 5.97 Å². The highest BCUT2D eigenvalue weighted by molar-refractivity contribution is 7.99. The summed E-state index contributed by atoms with van der Waals surface area (Å²) in [5.74, 6) is 0.803. The summed E-state index contributed by atoms with van der Waals surface area (Å²) in [7, 11) is 0. The molecule has 3 aromatic carbocycles. The van der Waals surface area contributed by atoms with Crippen LogP contribution in [0.15, 0.2) is 89.8 Å². The summed E-state index contributed by atoms with van der Waals surface area (Å²) in [6.07, 6.45) is 1.99. The molecule has 0 saturated heterocycles. The summed E-state index contributed by atoms with van der Waals surface area (Å²) in [6.45, 7) is 2.96. The van der Waals surface area contributed by atoms with Crippen molar-refractivity contribution in [2.24, 2.45) is 0 Å². The maximum Gasteiger partial charge on any atom is 0.310 e. The number of esters is 1. The van der Waals surface area contributed by atoms with Gasteiger partial charge in [0.2, 0.25) is 0 Å². The Morgan fingerprint density at radius 1 is 0.636 bits per heavy atom. The van der Waals surface area contributed by atoms with E-state index >= 15 is 0 Å². The van der Waals surface area contributed by atoms with Crippen LogP contribution in [0.4, 0.5) is 0 Å². The van der Waals surface area contributed by atoms with Crippen molar-refractivity contribution >= 4 is 17.7 Å². The van der Waals surface area contributed by atoms with Gasteiger partial charge in [-0.05, 0) is 35.2 Å². The van der Waals surface area contributed by atoms with Gasteiger partial charge in [-0.2, -0.15) is 0 Å². The van der Waals surface area contributed by atoms with E-state index in [2.05, 4.69) is 24.3 Å². The van der Waals surface area contributed by atoms with E-state index in [0.29, 0.717) is 39.3 Å². The molecule has 0 bridgehead atoms. The first kappa shape index (κ1) is 25.0. The molecule has 3 aromatic rings. The van der Waals surface area contributed by atoms with Crippen molar-refractivity contribution in [2.45, 2.75) is 37.4 Å². The van der Waals surface area contributed by atoms with Crippen LogP contribution in [0.5, 0.6) is 0 Å². The van der Waals surface area contributed by atoms with Gasteiger partial charge in [0.1, 0.15) is 0 Å². The van der Waals surface area contributed by atoms with Crippen molar-refractivity contribution in [3.05, 3.63) is 102 Å². The van der Waals surface area contributed by atoms with Crippen molar-refractivity contribution in [1.82, 2.24) is 0 Å². The summed E-state index contributed by atoms with van der Waals surface area (Å²) in [5, 5.41) is 0. The molecular formula is C28H32O4S. The number of carbonyl (C=O) groups excluding carboxylic acids is 1. The van der Waals surface area contributed by atoms with Crippen LogP contribution in [0, 0.1) is 0 Å². The Balaban J connectivity index is 1.20. The minimum Gasteiger partial charge on any atom is -0.465 e. The fraction of sp³-hybridized carbons (Fsp3) is 0.321. The van der Waals surface area contributed by atoms with Crippen molar-refractivity contribution in [3.8, 4) is 0 Å². The third-order valence-electron chi connectivity index (χ3n) is 4.89. The van der Waals surface area contributed by atoms with Gasteiger partial charge in [-0.1, -0.05) is 72.8 Å². The second kappa shape index (κ2) is 15.3. The van der Waals surface area contributed by atoms with Crippen LogP contribution >= 0.6 is 11.8 Å². The molecule has 0 heterocycles. The Bertz CT molecular complexity index is 914. The Kier molecular flexibility index (Phi) is 11.6. The molecule has 0 N–H and O–H groups in total. The molecule has 0 aliphatic carbocycles. The Morgan fingerprint density at radius 3 is 1.82 bits per heavy atom. The lowest BCUT2D eigenvalue weighted by Gasteiger charge is -2.07. The average Bonchev–Trinajstić information content (AvgIpc) is 2.86. The van der Waals surface area contributed by atoms with E-state index in [1.54, 1.807) is 11.8 Å². The molecule has 0 spiro atoms. The zero-order chi connectivity index (χ0) is 23.0. The molecular weight excluding hydrogens is 432 g/mol. The summed E-state index contributed by atoms with van der Waals surface area (Å²) in [5.41, 5.74) is 3.32. The molecule has 0 radical (unpaired) electrons. The third kappa shape index (κ3) is 10.7. The maximum atomic E-state index is 12.0. The van der Waals surface area contributed by atoms with Gasteiger partial charge in [-0.15, -0.1) is 11.8 Å². The van der Waals surface area contributed by atoms with Gasteiger partial charge in [-0.3, -0.25) is 4.79 Å². The topological polar surface area (TPSA) is 44.8 Å². The Hall–Kier alpha value is -2.60. The molecule has 5 heteroatoms. The molecule has 174 valence electrons. The standard InChI is InChI=1S/C28H32O4S/c29-28(32-19-7-17-30-22-25-9-3-1-4-10-25)21-24-13-15-27(16-14-24)33-20-8-18-31-23-26-11-5-2-6-12-26/h1-6,9-16H,7-8,17-23H2. The summed E-state index contributed by atoms with van der Waals surface area (Å²) < 4.78 is 16.7. The van der Waals surface area contributed by atoms with E-state index in [1.807, 2.05) is 60.7 Å². The molecule has 0 aromatic heterocycles. The number of benzene rings is 3. The maximum absolute atomic E-state index is 12.0. The highest BCUT2D eigenvalue weighted by Gasteiger charge is 2.05. The summed E-state index contributed by atoms with van der Waals surface area (Å²) in [4.78, 5) is 13.2. The first-order valence-electron chi connectivity index (χ1n) is 11.4. The SMILES string of the molecule is O=C(Cc1ccc(SCCCOCc2ccccc2)cc1)OCCCOCc1ccccc1. The first-order valence-corrected chi connectivity index (χ1v) is 12.4. The van der Waals surface area contributed by atoms with Crippen molar-refractivity contribution in [2.75, 3.05) is 25.6 Å². The Morgan fingerprint density at radius 2 is 1.21 bits per heavy atom. The quantitative estimate of drug-likeness (QED) is 0.155. The highest BCUT2D eigenvalue weighted by Crippen LogP contribution is 2.19. The molecule has 0 atom stereocenters. The molecule has 0 aliphatic heterocycles. The van der Waals surface area contributed by atoms with Gasteiger partial charge in [0, 0.05) is 23.7 Å². The fourth-order valence-electron chi connectivity index (χ4n) is 3.15. The van der Waals surface area contributed by atoms with Gasteiger partial charge in [-0.25, -0.2) is 0 Å². The smallest absolute Gasteiger partial charge is 0.310 e. The van der Waals surface area contributed by atoms with Gasteiger partial charge >= 0.3 is 5.97 Å². The number of ether oxygens (including phenoxy) is 3. The lowest BCUT2D eigenvalue weighted by atomic mass is 10.1. The van der Waals surface area contributed by atoms with Crippen LogP contribution < -0.4 is 0 Å². The minimum absolute atomic E-state index is 0.200. The zero-order valence-corrected chi connectivity index (χ0v) is 19.8. The van der Waals surface area contributed by atoms with Crippen LogP contribution in [-0.4, -0.2) is 31.5 Å². The molecule has 0 fully saturated rings. The zero-order valence-electron chi connectivity index (χ0n) is 19.0. The van der Waals surface area contributed by atoms with Gasteiger partial charge in [0.05, 0.1) is 32.8 Å². The number of hydrogen-bond acceptors (Lipinski definition) is 5. The van der Waals surface area contributed by atoms with Crippen LogP contribution in [-0.2, 0) is 38.6 Å². The largest absolute Gasteiger partial charge is 0.465 e. The molecule has 0 saturated carbocycles. The van der Waals surface area contributed by atoms with Crippen molar-refractivity contribution < 1.29 is 19.0 Å². The predicted octanol–water partition coefficient (Wildman–Crippen LogP) is 6.08. The normalized spacial score (nSPS) is 10.8. The summed E-state index contributed by atoms with van der Waals surface area (Å²) >= 11 is 1.80. The van der Waals surface area contributed by atoms with E-state index < -0.39 is 0 Å². The minimum atomic E-state index is -0.200. The molecule has 0 unspecified atom stereocenters. The van der Waals surface area contributed by atoms with Crippen molar-refractivity contribution in [1.29, 1.82) is 0 Å². The molecule has 4 nitrogen and oxygen atoms in total. The Labute approximate surface area is 201 Å². The fourth-order valence-corrected chi connectivity index (χ4v) is 3.97. The van der Waals surface area contributed by atoms with Crippen LogP contribution in [0.25, 0.3) is 0 Å². The van der Waals surface area contributed by atoms with Crippen LogP contribution in [0.1, 0.15) is 29.5 Å². The van der Waals surface area contributed by atoms with E-state index in [0.717, 1.165) is 29.9 Å². The lowest BCUT2D eigenvalue weighted by Crippen LogP contribution is -2.10. The number of carbonyl (C=O) groups is 1. The lowest BCUT2D eigenvalue weighted by molar-refractivity contribution is -0.143. The highest BCUT2D eigenvalue weighted by atomic mass is 32.2. The number of thioether (sulfide) groups is 1. The van der Waals surface area contributed by atoms with Crippen molar-refractivity contribution in [3.63, 3.8) is 0 Å². The second-order valence-corrected chi connectivity index (χ2v) is 8.84. The second-order valence-electron chi connectivity index (χ2n) is 7.67. The summed E-state index contributed by atoms with van der Waals surface area (Å²) in [6, 6.07) is 28.4. The molecule has 33 heavy (non-hydrogen) atoms. The monoisotopic (exact) mass is 464 g/mol. The molecule has 0 amide bonds. The first-order chi connectivity index (χ1) is 16.3. The molecule has 3 rings (SSSR count). The number of rotatable bonds is 15. The van der Waals surface area contributed by atoms with Gasteiger partial charge in [0.25, 0.3) is 0 Å².